The van der Waals surface area contributed by atoms with Gasteiger partial charge in [0.2, 0.25) is 0 Å². The number of hydrogen-bond acceptors (Lipinski definition) is 3. The van der Waals surface area contributed by atoms with Gasteiger partial charge < -0.3 is 20.1 Å². The van der Waals surface area contributed by atoms with E-state index in [0.29, 0.717) is 6.61 Å². The van der Waals surface area contributed by atoms with E-state index in [1.807, 2.05) is 69.3 Å². The second kappa shape index (κ2) is 9.70. The van der Waals surface area contributed by atoms with Crippen molar-refractivity contribution in [2.24, 2.45) is 0 Å². The third kappa shape index (κ3) is 5.41. The number of benzene rings is 2. The Morgan fingerprint density at radius 3 is 2.35 bits per heavy atom. The standard InChI is InChI=1S/C21H28N2O3/c1-5-20(16-10-12-18(25-4)13-11-16)23-21(24)22-15(3)17-8-7-9-19(14-17)26-6-2/h7-15,20H,5-6H2,1-4H3,(H2,22,23,24). The average molecular weight is 356 g/mol. The van der Waals surface area contributed by atoms with Crippen molar-refractivity contribution < 1.29 is 14.3 Å². The molecular formula is C21H28N2O3. The van der Waals surface area contributed by atoms with Crippen LogP contribution >= 0.6 is 0 Å². The molecule has 0 fully saturated rings. The molecule has 5 heteroatoms. The minimum absolute atomic E-state index is 0.0529. The van der Waals surface area contributed by atoms with Crippen LogP contribution in [0.3, 0.4) is 0 Å². The van der Waals surface area contributed by atoms with E-state index in [1.165, 1.54) is 0 Å². The molecule has 26 heavy (non-hydrogen) atoms. The monoisotopic (exact) mass is 356 g/mol. The Hall–Kier alpha value is -2.69. The topological polar surface area (TPSA) is 59.6 Å². The van der Waals surface area contributed by atoms with Crippen LogP contribution in [0.25, 0.3) is 0 Å². The first-order valence-corrected chi connectivity index (χ1v) is 9.01. The van der Waals surface area contributed by atoms with Crippen molar-refractivity contribution >= 4 is 6.03 Å². The Kier molecular flexibility index (Phi) is 7.33. The number of amides is 2. The summed E-state index contributed by atoms with van der Waals surface area (Å²) >= 11 is 0. The zero-order valence-electron chi connectivity index (χ0n) is 15.9. The molecular weight excluding hydrogens is 328 g/mol. The maximum Gasteiger partial charge on any atom is 0.315 e. The van der Waals surface area contributed by atoms with Gasteiger partial charge in [0.1, 0.15) is 11.5 Å². The molecule has 2 N–H and O–H groups in total. The molecule has 0 aliphatic heterocycles. The summed E-state index contributed by atoms with van der Waals surface area (Å²) < 4.78 is 10.7. The predicted octanol–water partition coefficient (Wildman–Crippen LogP) is 4.61. The molecule has 0 bridgehead atoms. The number of rotatable bonds is 8. The maximum absolute atomic E-state index is 12.4. The number of carbonyl (C=O) groups is 1. The Labute approximate surface area is 155 Å². The molecule has 0 aliphatic rings. The van der Waals surface area contributed by atoms with Gasteiger partial charge in [0, 0.05) is 0 Å². The van der Waals surface area contributed by atoms with Crippen molar-refractivity contribution in [3.8, 4) is 11.5 Å². The van der Waals surface area contributed by atoms with E-state index in [1.54, 1.807) is 7.11 Å². The van der Waals surface area contributed by atoms with E-state index in [9.17, 15) is 4.79 Å². The number of ether oxygens (including phenoxy) is 2. The smallest absolute Gasteiger partial charge is 0.315 e. The lowest BCUT2D eigenvalue weighted by molar-refractivity contribution is 0.233. The first-order valence-electron chi connectivity index (χ1n) is 9.01. The third-order valence-corrected chi connectivity index (χ3v) is 4.25. The minimum Gasteiger partial charge on any atom is -0.497 e. The fraction of sp³-hybridized carbons (Fsp3) is 0.381. The molecule has 2 rings (SSSR count). The number of carbonyl (C=O) groups excluding carboxylic acids is 1. The quantitative estimate of drug-likeness (QED) is 0.726. The van der Waals surface area contributed by atoms with E-state index in [0.717, 1.165) is 29.0 Å². The van der Waals surface area contributed by atoms with Crippen molar-refractivity contribution in [3.05, 3.63) is 59.7 Å². The van der Waals surface area contributed by atoms with Crippen LogP contribution in [-0.4, -0.2) is 19.7 Å². The largest absolute Gasteiger partial charge is 0.497 e. The lowest BCUT2D eigenvalue weighted by Gasteiger charge is -2.21. The van der Waals surface area contributed by atoms with Gasteiger partial charge in [-0.05, 0) is 55.7 Å². The molecule has 2 atom stereocenters. The van der Waals surface area contributed by atoms with Crippen molar-refractivity contribution in [3.63, 3.8) is 0 Å². The first-order chi connectivity index (χ1) is 12.6. The van der Waals surface area contributed by atoms with E-state index in [2.05, 4.69) is 10.6 Å². The van der Waals surface area contributed by atoms with Crippen LogP contribution in [-0.2, 0) is 0 Å². The molecule has 2 amide bonds. The minimum atomic E-state index is -0.193. The highest BCUT2D eigenvalue weighted by atomic mass is 16.5. The molecule has 2 unspecified atom stereocenters. The van der Waals surface area contributed by atoms with Gasteiger partial charge in [0.05, 0.1) is 25.8 Å². The van der Waals surface area contributed by atoms with Crippen LogP contribution in [0.15, 0.2) is 48.5 Å². The summed E-state index contributed by atoms with van der Waals surface area (Å²) in [6.45, 7) is 6.57. The molecule has 5 nitrogen and oxygen atoms in total. The molecule has 0 saturated carbocycles. The van der Waals surface area contributed by atoms with E-state index in [-0.39, 0.29) is 18.1 Å². The normalized spacial score (nSPS) is 12.8. The van der Waals surface area contributed by atoms with Crippen molar-refractivity contribution in [1.82, 2.24) is 10.6 Å². The molecule has 0 spiro atoms. The second-order valence-corrected chi connectivity index (χ2v) is 6.08. The highest BCUT2D eigenvalue weighted by molar-refractivity contribution is 5.75. The first kappa shape index (κ1) is 19.6. The molecule has 140 valence electrons. The highest BCUT2D eigenvalue weighted by Crippen LogP contribution is 2.21. The number of nitrogens with one attached hydrogen (secondary N) is 2. The average Bonchev–Trinajstić information content (AvgIpc) is 2.66. The van der Waals surface area contributed by atoms with E-state index in [4.69, 9.17) is 9.47 Å². The van der Waals surface area contributed by atoms with Gasteiger partial charge in [0.25, 0.3) is 0 Å². The van der Waals surface area contributed by atoms with Crippen molar-refractivity contribution in [2.75, 3.05) is 13.7 Å². The fourth-order valence-electron chi connectivity index (χ4n) is 2.78. The summed E-state index contributed by atoms with van der Waals surface area (Å²) in [5, 5.41) is 6.03. The second-order valence-electron chi connectivity index (χ2n) is 6.08. The molecule has 2 aromatic rings. The van der Waals surface area contributed by atoms with Gasteiger partial charge in [-0.15, -0.1) is 0 Å². The summed E-state index contributed by atoms with van der Waals surface area (Å²) in [6.07, 6.45) is 0.800. The van der Waals surface area contributed by atoms with Gasteiger partial charge in [-0.1, -0.05) is 31.2 Å². The van der Waals surface area contributed by atoms with Gasteiger partial charge in [-0.3, -0.25) is 0 Å². The zero-order valence-corrected chi connectivity index (χ0v) is 15.9. The lowest BCUT2D eigenvalue weighted by Crippen LogP contribution is -2.39. The summed E-state index contributed by atoms with van der Waals surface area (Å²) in [6, 6.07) is 15.2. The summed E-state index contributed by atoms with van der Waals surface area (Å²) in [4.78, 5) is 12.4. The Bertz CT molecular complexity index is 701. The number of methoxy groups -OCH3 is 1. The third-order valence-electron chi connectivity index (χ3n) is 4.25. The van der Waals surface area contributed by atoms with Crippen LogP contribution in [0.2, 0.25) is 0 Å². The molecule has 0 heterocycles. The van der Waals surface area contributed by atoms with Crippen LogP contribution in [0.4, 0.5) is 4.79 Å². The zero-order chi connectivity index (χ0) is 18.9. The van der Waals surface area contributed by atoms with Gasteiger partial charge in [-0.25, -0.2) is 4.79 Å². The van der Waals surface area contributed by atoms with Gasteiger partial charge in [-0.2, -0.15) is 0 Å². The summed E-state index contributed by atoms with van der Waals surface area (Å²) in [7, 11) is 1.64. The van der Waals surface area contributed by atoms with E-state index < -0.39 is 0 Å². The Balaban J connectivity index is 1.98. The van der Waals surface area contributed by atoms with Crippen LogP contribution in [0, 0.1) is 0 Å². The van der Waals surface area contributed by atoms with Crippen LogP contribution < -0.4 is 20.1 Å². The maximum atomic E-state index is 12.4. The molecule has 0 aliphatic carbocycles. The van der Waals surface area contributed by atoms with Crippen molar-refractivity contribution in [2.45, 2.75) is 39.3 Å². The van der Waals surface area contributed by atoms with Crippen molar-refractivity contribution in [1.29, 1.82) is 0 Å². The SMILES string of the molecule is CCOc1cccc(C(C)NC(=O)NC(CC)c2ccc(OC)cc2)c1. The number of hydrogen-bond donors (Lipinski definition) is 2. The summed E-state index contributed by atoms with van der Waals surface area (Å²) in [5.41, 5.74) is 2.05. The van der Waals surface area contributed by atoms with Crippen LogP contribution in [0.1, 0.15) is 50.4 Å². The predicted molar refractivity (Wildman–Crippen MR) is 104 cm³/mol. The molecule has 0 radical (unpaired) electrons. The molecule has 2 aromatic carbocycles. The van der Waals surface area contributed by atoms with Gasteiger partial charge >= 0.3 is 6.03 Å². The van der Waals surface area contributed by atoms with Crippen LogP contribution in [0.5, 0.6) is 11.5 Å². The summed E-state index contributed by atoms with van der Waals surface area (Å²) in [5.74, 6) is 1.61. The van der Waals surface area contributed by atoms with E-state index >= 15 is 0 Å². The Morgan fingerprint density at radius 1 is 1.00 bits per heavy atom. The number of urea groups is 1. The highest BCUT2D eigenvalue weighted by Gasteiger charge is 2.15. The Morgan fingerprint density at radius 2 is 1.73 bits per heavy atom. The lowest BCUT2D eigenvalue weighted by atomic mass is 10.0. The molecule has 0 aromatic heterocycles. The van der Waals surface area contributed by atoms with Gasteiger partial charge in [0.15, 0.2) is 0 Å². The molecule has 0 saturated heterocycles. The fourth-order valence-corrected chi connectivity index (χ4v) is 2.78.